The molecule has 0 radical (unpaired) electrons. The van der Waals surface area contributed by atoms with Gasteiger partial charge in [0.2, 0.25) is 0 Å². The van der Waals surface area contributed by atoms with Crippen molar-refractivity contribution in [3.63, 3.8) is 0 Å². The fourth-order valence-electron chi connectivity index (χ4n) is 2.08. The van der Waals surface area contributed by atoms with Crippen molar-refractivity contribution in [3.05, 3.63) is 59.7 Å². The topological polar surface area (TPSA) is 90.5 Å². The summed E-state index contributed by atoms with van der Waals surface area (Å²) in [6.45, 7) is 0.241. The van der Waals surface area contributed by atoms with E-state index >= 15 is 0 Å². The van der Waals surface area contributed by atoms with Crippen molar-refractivity contribution in [3.8, 4) is 0 Å². The second kappa shape index (κ2) is 8.74. The highest BCUT2D eigenvalue weighted by Gasteiger charge is 2.13. The van der Waals surface area contributed by atoms with E-state index in [-0.39, 0.29) is 23.5 Å². The van der Waals surface area contributed by atoms with Crippen LogP contribution in [0.25, 0.3) is 0 Å². The van der Waals surface area contributed by atoms with Gasteiger partial charge in [-0.25, -0.2) is 13.6 Å². The highest BCUT2D eigenvalue weighted by atomic mass is 19.1. The maximum atomic E-state index is 13.1. The lowest BCUT2D eigenvalue weighted by molar-refractivity contribution is 0.0952. The van der Waals surface area contributed by atoms with Gasteiger partial charge in [-0.05, 0) is 30.7 Å². The average molecular weight is 349 g/mol. The second-order valence-electron chi connectivity index (χ2n) is 5.12. The number of anilines is 2. The number of carbonyl (C=O) groups is 2. The van der Waals surface area contributed by atoms with E-state index in [1.54, 1.807) is 12.1 Å². The second-order valence-corrected chi connectivity index (χ2v) is 5.12. The molecule has 0 spiro atoms. The molecule has 25 heavy (non-hydrogen) atoms. The van der Waals surface area contributed by atoms with Crippen LogP contribution in [0.5, 0.6) is 0 Å². The molecule has 0 aliphatic carbocycles. The van der Waals surface area contributed by atoms with E-state index in [2.05, 4.69) is 16.0 Å². The molecule has 0 heterocycles. The van der Waals surface area contributed by atoms with Crippen LogP contribution in [0, 0.1) is 11.6 Å². The number of para-hydroxylation sites is 1. The Kier molecular flexibility index (Phi) is 6.41. The zero-order chi connectivity index (χ0) is 18.2. The number of urea groups is 1. The highest BCUT2D eigenvalue weighted by Crippen LogP contribution is 2.17. The third-order valence-electron chi connectivity index (χ3n) is 3.16. The van der Waals surface area contributed by atoms with Crippen molar-refractivity contribution < 1.29 is 23.5 Å². The Balaban J connectivity index is 2.06. The van der Waals surface area contributed by atoms with Gasteiger partial charge in [0, 0.05) is 24.9 Å². The maximum absolute atomic E-state index is 13.1. The monoisotopic (exact) mass is 349 g/mol. The summed E-state index contributed by atoms with van der Waals surface area (Å²) >= 11 is 0. The molecule has 0 saturated heterocycles. The Labute approximate surface area is 142 Å². The lowest BCUT2D eigenvalue weighted by Gasteiger charge is -2.12. The summed E-state index contributed by atoms with van der Waals surface area (Å²) in [5, 5.41) is 16.1. The molecule has 2 aromatic carbocycles. The molecular formula is C17H17F2N3O3. The lowest BCUT2D eigenvalue weighted by atomic mass is 10.1. The molecule has 3 amide bonds. The molecule has 2 aromatic rings. The van der Waals surface area contributed by atoms with E-state index in [4.69, 9.17) is 5.11 Å². The maximum Gasteiger partial charge on any atom is 0.323 e. The van der Waals surface area contributed by atoms with Crippen LogP contribution >= 0.6 is 0 Å². The molecule has 2 rings (SSSR count). The van der Waals surface area contributed by atoms with Gasteiger partial charge in [-0.3, -0.25) is 4.79 Å². The number of nitrogens with one attached hydrogen (secondary N) is 3. The number of aliphatic hydroxyl groups excluding tert-OH is 1. The SMILES string of the molecule is O=C(Nc1cc(F)cc(F)c1)Nc1ccccc1C(=O)NCCCO. The molecule has 4 N–H and O–H groups in total. The van der Waals surface area contributed by atoms with E-state index in [9.17, 15) is 18.4 Å². The van der Waals surface area contributed by atoms with Gasteiger partial charge in [0.25, 0.3) is 5.91 Å². The van der Waals surface area contributed by atoms with Gasteiger partial charge in [0.1, 0.15) is 11.6 Å². The fourth-order valence-corrected chi connectivity index (χ4v) is 2.08. The number of halogens is 2. The molecule has 0 aromatic heterocycles. The van der Waals surface area contributed by atoms with Crippen LogP contribution in [-0.2, 0) is 0 Å². The zero-order valence-electron chi connectivity index (χ0n) is 13.2. The van der Waals surface area contributed by atoms with Crippen LogP contribution in [0.2, 0.25) is 0 Å². The predicted octanol–water partition coefficient (Wildman–Crippen LogP) is 2.72. The third kappa shape index (κ3) is 5.54. The minimum atomic E-state index is -0.820. The Morgan fingerprint density at radius 2 is 1.68 bits per heavy atom. The smallest absolute Gasteiger partial charge is 0.323 e. The largest absolute Gasteiger partial charge is 0.396 e. The first-order valence-electron chi connectivity index (χ1n) is 7.52. The zero-order valence-corrected chi connectivity index (χ0v) is 13.2. The summed E-state index contributed by atoms with van der Waals surface area (Å²) in [4.78, 5) is 24.1. The Morgan fingerprint density at radius 3 is 2.36 bits per heavy atom. The summed E-state index contributed by atoms with van der Waals surface area (Å²) < 4.78 is 26.3. The standard InChI is InChI=1S/C17H17F2N3O3/c18-11-8-12(19)10-13(9-11)21-17(25)22-15-5-2-1-4-14(15)16(24)20-6-3-7-23/h1-2,4-5,8-10,23H,3,6-7H2,(H,20,24)(H2,21,22,25). The Morgan fingerprint density at radius 1 is 1.00 bits per heavy atom. The van der Waals surface area contributed by atoms with E-state index in [0.29, 0.717) is 19.0 Å². The lowest BCUT2D eigenvalue weighted by Crippen LogP contribution is -2.27. The van der Waals surface area contributed by atoms with Crippen LogP contribution in [0.1, 0.15) is 16.8 Å². The van der Waals surface area contributed by atoms with Crippen molar-refractivity contribution in [1.82, 2.24) is 5.32 Å². The van der Waals surface area contributed by atoms with E-state index in [1.165, 1.54) is 12.1 Å². The van der Waals surface area contributed by atoms with Gasteiger partial charge < -0.3 is 21.1 Å². The van der Waals surface area contributed by atoms with Crippen LogP contribution in [0.3, 0.4) is 0 Å². The van der Waals surface area contributed by atoms with Crippen molar-refractivity contribution in [2.75, 3.05) is 23.8 Å². The van der Waals surface area contributed by atoms with Crippen molar-refractivity contribution in [1.29, 1.82) is 0 Å². The highest BCUT2D eigenvalue weighted by molar-refractivity contribution is 6.06. The number of amides is 3. The quantitative estimate of drug-likeness (QED) is 0.605. The predicted molar refractivity (Wildman–Crippen MR) is 89.5 cm³/mol. The Bertz CT molecular complexity index is 748. The van der Waals surface area contributed by atoms with Gasteiger partial charge in [0.05, 0.1) is 11.3 Å². The van der Waals surface area contributed by atoms with E-state index < -0.39 is 23.6 Å². The summed E-state index contributed by atoms with van der Waals surface area (Å²) in [5.74, 6) is -2.06. The van der Waals surface area contributed by atoms with Gasteiger partial charge in [-0.15, -0.1) is 0 Å². The number of carbonyl (C=O) groups excluding carboxylic acids is 2. The Hall–Kier alpha value is -3.00. The van der Waals surface area contributed by atoms with Crippen LogP contribution in [0.4, 0.5) is 25.0 Å². The van der Waals surface area contributed by atoms with Crippen LogP contribution in [-0.4, -0.2) is 30.2 Å². The van der Waals surface area contributed by atoms with E-state index in [1.807, 2.05) is 0 Å². The number of benzene rings is 2. The normalized spacial score (nSPS) is 10.2. The fraction of sp³-hybridized carbons (Fsp3) is 0.176. The molecule has 8 heteroatoms. The summed E-state index contributed by atoms with van der Waals surface area (Å²) in [5.41, 5.74) is 0.402. The summed E-state index contributed by atoms with van der Waals surface area (Å²) in [6, 6.07) is 8.18. The average Bonchev–Trinajstić information content (AvgIpc) is 2.54. The third-order valence-corrected chi connectivity index (χ3v) is 3.16. The first-order valence-corrected chi connectivity index (χ1v) is 7.52. The molecule has 0 atom stereocenters. The first kappa shape index (κ1) is 18.3. The molecule has 0 saturated carbocycles. The van der Waals surface area contributed by atoms with E-state index in [0.717, 1.165) is 12.1 Å². The van der Waals surface area contributed by atoms with Gasteiger partial charge in [-0.1, -0.05) is 12.1 Å². The number of hydrogen-bond donors (Lipinski definition) is 4. The first-order chi connectivity index (χ1) is 12.0. The molecule has 6 nitrogen and oxygen atoms in total. The summed E-state index contributed by atoms with van der Waals surface area (Å²) in [7, 11) is 0. The minimum Gasteiger partial charge on any atom is -0.396 e. The molecule has 0 fully saturated rings. The molecule has 0 aliphatic heterocycles. The number of rotatable bonds is 6. The van der Waals surface area contributed by atoms with Crippen molar-refractivity contribution in [2.45, 2.75) is 6.42 Å². The van der Waals surface area contributed by atoms with Crippen LogP contribution < -0.4 is 16.0 Å². The summed E-state index contributed by atoms with van der Waals surface area (Å²) in [6.07, 6.45) is 0.410. The minimum absolute atomic E-state index is 0.0488. The number of aliphatic hydroxyl groups is 1. The number of hydrogen-bond acceptors (Lipinski definition) is 3. The van der Waals surface area contributed by atoms with Crippen molar-refractivity contribution >= 4 is 23.3 Å². The van der Waals surface area contributed by atoms with Crippen LogP contribution in [0.15, 0.2) is 42.5 Å². The molecule has 0 bridgehead atoms. The van der Waals surface area contributed by atoms with Gasteiger partial charge >= 0.3 is 6.03 Å². The van der Waals surface area contributed by atoms with Gasteiger partial charge in [0.15, 0.2) is 0 Å². The molecule has 132 valence electrons. The molecule has 0 aliphatic rings. The molecule has 0 unspecified atom stereocenters. The van der Waals surface area contributed by atoms with Gasteiger partial charge in [-0.2, -0.15) is 0 Å². The molecular weight excluding hydrogens is 332 g/mol. The van der Waals surface area contributed by atoms with Crippen molar-refractivity contribution in [2.24, 2.45) is 0 Å².